The Balaban J connectivity index is 2.11. The molecule has 1 rings (SSSR count). The summed E-state index contributed by atoms with van der Waals surface area (Å²) < 4.78 is 40.9. The summed E-state index contributed by atoms with van der Waals surface area (Å²) in [5, 5.41) is 5.59. The van der Waals surface area contributed by atoms with E-state index in [1.165, 1.54) is 0 Å². The molecule has 0 aromatic rings. The molecule has 2 unspecified atom stereocenters. The lowest BCUT2D eigenvalue weighted by Crippen LogP contribution is -2.50. The molecule has 0 aliphatic carbocycles. The summed E-state index contributed by atoms with van der Waals surface area (Å²) in [5.41, 5.74) is -0.111. The van der Waals surface area contributed by atoms with Gasteiger partial charge in [0.05, 0.1) is 12.6 Å². The second-order valence-corrected chi connectivity index (χ2v) is 4.40. The van der Waals surface area contributed by atoms with E-state index in [9.17, 15) is 13.2 Å². The van der Waals surface area contributed by atoms with Crippen molar-refractivity contribution in [2.45, 2.75) is 38.1 Å². The third-order valence-electron chi connectivity index (χ3n) is 3.04. The first kappa shape index (κ1) is 13.7. The summed E-state index contributed by atoms with van der Waals surface area (Å²) in [6.07, 6.45) is -3.13. The normalized spacial score (nSPS) is 30.9. The zero-order valence-electron chi connectivity index (χ0n) is 9.66. The summed E-state index contributed by atoms with van der Waals surface area (Å²) in [7, 11) is 0. The monoisotopic (exact) mass is 240 g/mol. The minimum absolute atomic E-state index is 0.107. The van der Waals surface area contributed by atoms with E-state index in [1.807, 2.05) is 13.8 Å². The highest BCUT2D eigenvalue weighted by Gasteiger charge is 2.36. The van der Waals surface area contributed by atoms with Crippen LogP contribution >= 0.6 is 0 Å². The molecule has 1 heterocycles. The van der Waals surface area contributed by atoms with Crippen molar-refractivity contribution in [1.82, 2.24) is 10.6 Å². The lowest BCUT2D eigenvalue weighted by atomic mass is 9.95. The van der Waals surface area contributed by atoms with Crippen LogP contribution in [0.15, 0.2) is 0 Å². The predicted octanol–water partition coefficient (Wildman–Crippen LogP) is 1.30. The van der Waals surface area contributed by atoms with E-state index >= 15 is 0 Å². The molecule has 0 aromatic carbocycles. The average molecular weight is 240 g/mol. The van der Waals surface area contributed by atoms with Crippen LogP contribution < -0.4 is 10.6 Å². The number of nitrogens with one attached hydrogen (secondary N) is 2. The summed E-state index contributed by atoms with van der Waals surface area (Å²) in [6, 6.07) is 0. The van der Waals surface area contributed by atoms with Gasteiger partial charge in [-0.25, -0.2) is 0 Å². The molecule has 0 radical (unpaired) electrons. The van der Waals surface area contributed by atoms with E-state index in [0.717, 1.165) is 6.42 Å². The fraction of sp³-hybridized carbons (Fsp3) is 1.00. The molecule has 0 spiro atoms. The molecule has 3 nitrogen and oxygen atoms in total. The van der Waals surface area contributed by atoms with E-state index in [4.69, 9.17) is 4.74 Å². The molecule has 6 heteroatoms. The zero-order valence-corrected chi connectivity index (χ0v) is 9.66. The molecule has 1 fully saturated rings. The molecular weight excluding hydrogens is 221 g/mol. The summed E-state index contributed by atoms with van der Waals surface area (Å²) in [6.45, 7) is 4.61. The smallest absolute Gasteiger partial charge is 0.377 e. The molecule has 1 saturated heterocycles. The highest BCUT2D eigenvalue weighted by Crippen LogP contribution is 2.24. The first-order valence-electron chi connectivity index (χ1n) is 5.48. The summed E-state index contributed by atoms with van der Waals surface area (Å²) >= 11 is 0. The topological polar surface area (TPSA) is 33.3 Å². The minimum atomic E-state index is -4.13. The first-order chi connectivity index (χ1) is 7.33. The van der Waals surface area contributed by atoms with Crippen molar-refractivity contribution < 1.29 is 17.9 Å². The van der Waals surface area contributed by atoms with Gasteiger partial charge in [0, 0.05) is 25.2 Å². The van der Waals surface area contributed by atoms with Crippen molar-refractivity contribution >= 4 is 0 Å². The predicted molar refractivity (Wildman–Crippen MR) is 55.4 cm³/mol. The Morgan fingerprint density at radius 3 is 2.56 bits per heavy atom. The van der Waals surface area contributed by atoms with Crippen molar-refractivity contribution in [3.05, 3.63) is 0 Å². The van der Waals surface area contributed by atoms with Crippen LogP contribution in [0, 0.1) is 0 Å². The lowest BCUT2D eigenvalue weighted by molar-refractivity contribution is -0.124. The average Bonchev–Trinajstić information content (AvgIpc) is 2.45. The fourth-order valence-corrected chi connectivity index (χ4v) is 1.73. The second-order valence-electron chi connectivity index (χ2n) is 4.40. The zero-order chi connectivity index (χ0) is 12.2. The van der Waals surface area contributed by atoms with Crippen molar-refractivity contribution in [2.75, 3.05) is 26.2 Å². The Kier molecular flexibility index (Phi) is 4.58. The van der Waals surface area contributed by atoms with Crippen LogP contribution in [0.4, 0.5) is 13.2 Å². The van der Waals surface area contributed by atoms with Crippen molar-refractivity contribution in [1.29, 1.82) is 0 Å². The Morgan fingerprint density at radius 1 is 1.38 bits per heavy atom. The largest absolute Gasteiger partial charge is 0.401 e. The molecule has 2 atom stereocenters. The molecule has 2 N–H and O–H groups in total. The van der Waals surface area contributed by atoms with E-state index in [1.54, 1.807) is 0 Å². The molecule has 16 heavy (non-hydrogen) atoms. The van der Waals surface area contributed by atoms with Crippen LogP contribution in [-0.2, 0) is 4.74 Å². The van der Waals surface area contributed by atoms with Crippen LogP contribution in [0.3, 0.4) is 0 Å². The molecular formula is C10H19F3N2O. The molecule has 0 amide bonds. The van der Waals surface area contributed by atoms with E-state index < -0.39 is 12.7 Å². The number of alkyl halides is 3. The highest BCUT2D eigenvalue weighted by molar-refractivity contribution is 4.93. The third-order valence-corrected chi connectivity index (χ3v) is 3.04. The van der Waals surface area contributed by atoms with Crippen LogP contribution in [0.1, 0.15) is 20.3 Å². The fourth-order valence-electron chi connectivity index (χ4n) is 1.73. The Labute approximate surface area is 93.7 Å². The molecule has 96 valence electrons. The van der Waals surface area contributed by atoms with Gasteiger partial charge in [0.15, 0.2) is 0 Å². The summed E-state index contributed by atoms with van der Waals surface area (Å²) in [4.78, 5) is 0. The number of rotatable bonds is 5. The maximum absolute atomic E-state index is 11.8. The van der Waals surface area contributed by atoms with Gasteiger partial charge in [0.25, 0.3) is 0 Å². The van der Waals surface area contributed by atoms with Gasteiger partial charge in [-0.05, 0) is 20.3 Å². The highest BCUT2D eigenvalue weighted by atomic mass is 19.4. The van der Waals surface area contributed by atoms with Gasteiger partial charge < -0.3 is 15.4 Å². The Morgan fingerprint density at radius 2 is 2.06 bits per heavy atom. The van der Waals surface area contributed by atoms with Gasteiger partial charge in [-0.2, -0.15) is 13.2 Å². The Hall–Kier alpha value is -0.330. The van der Waals surface area contributed by atoms with E-state index in [2.05, 4.69) is 10.6 Å². The number of halogens is 3. The first-order valence-corrected chi connectivity index (χ1v) is 5.48. The molecule has 0 saturated carbocycles. The van der Waals surface area contributed by atoms with Crippen molar-refractivity contribution in [2.24, 2.45) is 0 Å². The van der Waals surface area contributed by atoms with Gasteiger partial charge in [0.2, 0.25) is 0 Å². The molecule has 0 bridgehead atoms. The number of hydrogen-bond donors (Lipinski definition) is 2. The summed E-state index contributed by atoms with van der Waals surface area (Å²) in [5.74, 6) is 0. The van der Waals surface area contributed by atoms with Gasteiger partial charge in [0.1, 0.15) is 0 Å². The van der Waals surface area contributed by atoms with Crippen molar-refractivity contribution in [3.63, 3.8) is 0 Å². The SMILES string of the molecule is CC1OCCC1(C)NCCNCC(F)(F)F. The van der Waals surface area contributed by atoms with Gasteiger partial charge >= 0.3 is 6.18 Å². The Bertz CT molecular complexity index is 223. The van der Waals surface area contributed by atoms with Gasteiger partial charge in [-0.1, -0.05) is 0 Å². The van der Waals surface area contributed by atoms with Gasteiger partial charge in [-0.15, -0.1) is 0 Å². The standard InChI is InChI=1S/C10H19F3N2O/c1-8-9(2,3-6-16-8)15-5-4-14-7-10(11,12)13/h8,14-15H,3-7H2,1-2H3. The maximum atomic E-state index is 11.8. The van der Waals surface area contributed by atoms with Gasteiger partial charge in [-0.3, -0.25) is 0 Å². The number of ether oxygens (including phenoxy) is 1. The van der Waals surface area contributed by atoms with Crippen LogP contribution in [0.2, 0.25) is 0 Å². The van der Waals surface area contributed by atoms with Crippen LogP contribution in [0.25, 0.3) is 0 Å². The lowest BCUT2D eigenvalue weighted by Gasteiger charge is -2.29. The maximum Gasteiger partial charge on any atom is 0.401 e. The molecule has 1 aliphatic rings. The third kappa shape index (κ3) is 4.27. The minimum Gasteiger partial charge on any atom is -0.377 e. The van der Waals surface area contributed by atoms with Crippen LogP contribution in [-0.4, -0.2) is 44.1 Å². The number of hydrogen-bond acceptors (Lipinski definition) is 3. The molecule has 0 aromatic heterocycles. The molecule has 1 aliphatic heterocycles. The van der Waals surface area contributed by atoms with E-state index in [-0.39, 0.29) is 11.6 Å². The quantitative estimate of drug-likeness (QED) is 0.711. The second kappa shape index (κ2) is 5.33. The van der Waals surface area contributed by atoms with E-state index in [0.29, 0.717) is 19.7 Å². The van der Waals surface area contributed by atoms with Crippen molar-refractivity contribution in [3.8, 4) is 0 Å². The van der Waals surface area contributed by atoms with Crippen LogP contribution in [0.5, 0.6) is 0 Å².